The molecule has 7 heteroatoms. The Morgan fingerprint density at radius 3 is 2.70 bits per heavy atom. The number of ether oxygens (including phenoxy) is 1. The van der Waals surface area contributed by atoms with Crippen LogP contribution in [0.15, 0.2) is 24.3 Å². The lowest BCUT2D eigenvalue weighted by molar-refractivity contribution is 0.0125. The Morgan fingerprint density at radius 1 is 1.19 bits per heavy atom. The van der Waals surface area contributed by atoms with E-state index in [1.54, 1.807) is 6.07 Å². The maximum Gasteiger partial charge on any atom is 0.322 e. The molecule has 0 radical (unpaired) electrons. The third-order valence-corrected chi connectivity index (χ3v) is 5.26. The van der Waals surface area contributed by atoms with Crippen LogP contribution in [-0.2, 0) is 4.74 Å². The van der Waals surface area contributed by atoms with Crippen LogP contribution in [0.4, 0.5) is 10.5 Å². The average Bonchev–Trinajstić information content (AvgIpc) is 2.69. The van der Waals surface area contributed by atoms with E-state index >= 15 is 0 Å². The summed E-state index contributed by atoms with van der Waals surface area (Å²) in [4.78, 5) is 31.4. The van der Waals surface area contributed by atoms with Gasteiger partial charge in [-0.05, 0) is 31.7 Å². The van der Waals surface area contributed by atoms with Crippen molar-refractivity contribution in [2.75, 3.05) is 58.3 Å². The topological polar surface area (TPSA) is 65.1 Å². The van der Waals surface area contributed by atoms with Crippen molar-refractivity contribution in [2.24, 2.45) is 0 Å². The number of nitrogens with zero attached hydrogens (tertiary/aromatic N) is 3. The Kier molecular flexibility index (Phi) is 6.68. The quantitative estimate of drug-likeness (QED) is 0.877. The lowest BCUT2D eigenvalue weighted by atomic mass is 10.1. The number of morpholine rings is 1. The van der Waals surface area contributed by atoms with Gasteiger partial charge in [0.05, 0.1) is 19.3 Å². The molecule has 3 amide bonds. The van der Waals surface area contributed by atoms with E-state index in [0.29, 0.717) is 31.0 Å². The summed E-state index contributed by atoms with van der Waals surface area (Å²) in [6.07, 6.45) is 1.93. The average molecular weight is 374 g/mol. The van der Waals surface area contributed by atoms with Crippen LogP contribution in [0.25, 0.3) is 0 Å². The minimum atomic E-state index is -0.124. The molecule has 0 aliphatic carbocycles. The van der Waals surface area contributed by atoms with Crippen molar-refractivity contribution in [1.82, 2.24) is 14.7 Å². The molecule has 0 aromatic heterocycles. The molecule has 1 aromatic rings. The number of benzene rings is 1. The van der Waals surface area contributed by atoms with Crippen molar-refractivity contribution in [3.63, 3.8) is 0 Å². The Morgan fingerprint density at radius 2 is 1.96 bits per heavy atom. The van der Waals surface area contributed by atoms with E-state index in [-0.39, 0.29) is 18.0 Å². The maximum absolute atomic E-state index is 12.8. The molecule has 7 nitrogen and oxygen atoms in total. The third-order valence-electron chi connectivity index (χ3n) is 5.26. The summed E-state index contributed by atoms with van der Waals surface area (Å²) in [5.41, 5.74) is 1.27. The van der Waals surface area contributed by atoms with Crippen molar-refractivity contribution < 1.29 is 14.3 Å². The fourth-order valence-electron chi connectivity index (χ4n) is 3.61. The Labute approximate surface area is 161 Å². The molecule has 2 fully saturated rings. The van der Waals surface area contributed by atoms with E-state index in [0.717, 1.165) is 39.0 Å². The number of carbonyl (C=O) groups is 2. The summed E-state index contributed by atoms with van der Waals surface area (Å²) in [5, 5.41) is 2.96. The van der Waals surface area contributed by atoms with Gasteiger partial charge in [-0.25, -0.2) is 4.79 Å². The predicted octanol–water partition coefficient (Wildman–Crippen LogP) is 2.11. The first-order chi connectivity index (χ1) is 13.1. The highest BCUT2D eigenvalue weighted by atomic mass is 16.5. The normalized spacial score (nSPS) is 21.2. The van der Waals surface area contributed by atoms with Gasteiger partial charge in [0.25, 0.3) is 5.91 Å². The highest BCUT2D eigenvalue weighted by Crippen LogP contribution is 2.17. The van der Waals surface area contributed by atoms with E-state index in [1.165, 1.54) is 0 Å². The van der Waals surface area contributed by atoms with Gasteiger partial charge in [-0.2, -0.15) is 0 Å². The highest BCUT2D eigenvalue weighted by molar-refractivity contribution is 5.97. The van der Waals surface area contributed by atoms with E-state index in [9.17, 15) is 9.59 Å². The number of hydrogen-bond donors (Lipinski definition) is 1. The van der Waals surface area contributed by atoms with Crippen molar-refractivity contribution >= 4 is 17.6 Å². The number of amides is 3. The minimum absolute atomic E-state index is 0.0226. The summed E-state index contributed by atoms with van der Waals surface area (Å²) in [5.74, 6) is 0.0226. The van der Waals surface area contributed by atoms with E-state index < -0.39 is 0 Å². The van der Waals surface area contributed by atoms with Crippen molar-refractivity contribution in [3.8, 4) is 0 Å². The van der Waals surface area contributed by atoms with Gasteiger partial charge >= 0.3 is 6.03 Å². The number of urea groups is 1. The molecule has 0 spiro atoms. The Hall–Kier alpha value is -2.12. The van der Waals surface area contributed by atoms with Crippen LogP contribution < -0.4 is 5.32 Å². The third kappa shape index (κ3) is 4.99. The van der Waals surface area contributed by atoms with Gasteiger partial charge in [0.15, 0.2) is 0 Å². The van der Waals surface area contributed by atoms with Crippen LogP contribution >= 0.6 is 0 Å². The second kappa shape index (κ2) is 9.19. The maximum atomic E-state index is 12.8. The van der Waals surface area contributed by atoms with Crippen molar-refractivity contribution in [3.05, 3.63) is 29.8 Å². The van der Waals surface area contributed by atoms with Gasteiger partial charge in [0, 0.05) is 44.0 Å². The number of carbonyl (C=O) groups excluding carboxylic acids is 2. The van der Waals surface area contributed by atoms with Crippen LogP contribution in [0.1, 0.15) is 30.1 Å². The number of rotatable bonds is 4. The van der Waals surface area contributed by atoms with Crippen LogP contribution in [0, 0.1) is 0 Å². The largest absolute Gasteiger partial charge is 0.377 e. The van der Waals surface area contributed by atoms with Gasteiger partial charge < -0.3 is 24.8 Å². The molecule has 0 saturated carbocycles. The number of hydrogen-bond acceptors (Lipinski definition) is 4. The van der Waals surface area contributed by atoms with Gasteiger partial charge in [-0.15, -0.1) is 0 Å². The van der Waals surface area contributed by atoms with Crippen LogP contribution in [0.2, 0.25) is 0 Å². The first kappa shape index (κ1) is 19.6. The molecule has 2 aliphatic rings. The molecule has 2 saturated heterocycles. The molecule has 2 aliphatic heterocycles. The molecule has 0 unspecified atom stereocenters. The van der Waals surface area contributed by atoms with Crippen LogP contribution in [0.5, 0.6) is 0 Å². The zero-order chi connectivity index (χ0) is 19.2. The standard InChI is InChI=1S/C20H30N4O3/c1-3-5-18-15-27-13-12-24(18)20(26)21-17-7-4-6-16(14-17)19(25)23-10-8-22(2)9-11-23/h4,6-7,14,18H,3,5,8-13,15H2,1-2H3,(H,21,26)/t18-/m0/s1. The number of likely N-dealkylation sites (N-methyl/N-ethyl adjacent to an activating group) is 1. The first-order valence-corrected chi connectivity index (χ1v) is 9.81. The molecule has 1 N–H and O–H groups in total. The molecule has 2 heterocycles. The van der Waals surface area contributed by atoms with Gasteiger partial charge in [-0.1, -0.05) is 19.4 Å². The second-order valence-corrected chi connectivity index (χ2v) is 7.32. The van der Waals surface area contributed by atoms with E-state index in [2.05, 4.69) is 24.2 Å². The van der Waals surface area contributed by atoms with Gasteiger partial charge in [0.1, 0.15) is 0 Å². The van der Waals surface area contributed by atoms with Crippen LogP contribution in [0.3, 0.4) is 0 Å². The van der Waals surface area contributed by atoms with Crippen molar-refractivity contribution in [2.45, 2.75) is 25.8 Å². The lowest BCUT2D eigenvalue weighted by Gasteiger charge is -2.35. The molecule has 27 heavy (non-hydrogen) atoms. The zero-order valence-electron chi connectivity index (χ0n) is 16.3. The summed E-state index contributed by atoms with van der Waals surface area (Å²) >= 11 is 0. The SMILES string of the molecule is CCC[C@H]1COCCN1C(=O)Nc1cccc(C(=O)N2CCN(C)CC2)c1. The fourth-order valence-corrected chi connectivity index (χ4v) is 3.61. The number of anilines is 1. The summed E-state index contributed by atoms with van der Waals surface area (Å²) in [6, 6.07) is 7.22. The van der Waals surface area contributed by atoms with E-state index in [1.807, 2.05) is 28.0 Å². The smallest absolute Gasteiger partial charge is 0.322 e. The van der Waals surface area contributed by atoms with Gasteiger partial charge in [-0.3, -0.25) is 4.79 Å². The first-order valence-electron chi connectivity index (χ1n) is 9.81. The molecular weight excluding hydrogens is 344 g/mol. The Balaban J connectivity index is 1.64. The summed E-state index contributed by atoms with van der Waals surface area (Å²) in [7, 11) is 2.06. The van der Waals surface area contributed by atoms with E-state index in [4.69, 9.17) is 4.74 Å². The second-order valence-electron chi connectivity index (χ2n) is 7.32. The molecule has 3 rings (SSSR count). The summed E-state index contributed by atoms with van der Waals surface area (Å²) < 4.78 is 5.52. The molecule has 1 aromatic carbocycles. The zero-order valence-corrected chi connectivity index (χ0v) is 16.3. The number of piperazine rings is 1. The summed E-state index contributed by atoms with van der Waals surface area (Å²) in [6.45, 7) is 7.10. The monoisotopic (exact) mass is 374 g/mol. The molecule has 148 valence electrons. The molecule has 0 bridgehead atoms. The minimum Gasteiger partial charge on any atom is -0.377 e. The van der Waals surface area contributed by atoms with Crippen molar-refractivity contribution in [1.29, 1.82) is 0 Å². The highest BCUT2D eigenvalue weighted by Gasteiger charge is 2.27. The van der Waals surface area contributed by atoms with Crippen LogP contribution in [-0.4, -0.2) is 85.7 Å². The number of nitrogens with one attached hydrogen (secondary N) is 1. The molecular formula is C20H30N4O3. The fraction of sp³-hybridized carbons (Fsp3) is 0.600. The van der Waals surface area contributed by atoms with Gasteiger partial charge in [0.2, 0.25) is 0 Å². The predicted molar refractivity (Wildman–Crippen MR) is 105 cm³/mol. The lowest BCUT2D eigenvalue weighted by Crippen LogP contribution is -2.50. The molecule has 1 atom stereocenters. The Bertz CT molecular complexity index is 656.